The first-order valence-corrected chi connectivity index (χ1v) is 12.0. The summed E-state index contributed by atoms with van der Waals surface area (Å²) in [7, 11) is 0. The van der Waals surface area contributed by atoms with E-state index in [1.807, 2.05) is 48.7 Å². The molecule has 0 radical (unpaired) electrons. The van der Waals surface area contributed by atoms with Gasteiger partial charge in [0.25, 0.3) is 0 Å². The number of rotatable bonds is 3. The molecule has 0 N–H and O–H groups in total. The molecule has 168 valence electrons. The summed E-state index contributed by atoms with van der Waals surface area (Å²) in [5.74, 6) is 0.236. The SMILES string of the molecule is CC(C)c1c(-c2ccnc(-c3ccccc3)c2)c2c3ccccc3oc2c2c1oc1ccccc12. The molecule has 7 aromatic rings. The first kappa shape index (κ1) is 20.0. The van der Waals surface area contributed by atoms with Crippen LogP contribution in [0.15, 0.2) is 106 Å². The van der Waals surface area contributed by atoms with Crippen LogP contribution in [0.5, 0.6) is 0 Å². The van der Waals surface area contributed by atoms with Crippen molar-refractivity contribution in [3.05, 3.63) is 103 Å². The molecular weight excluding hydrogens is 430 g/mol. The summed E-state index contributed by atoms with van der Waals surface area (Å²) >= 11 is 0. The maximum atomic E-state index is 6.57. The Morgan fingerprint density at radius 3 is 1.97 bits per heavy atom. The maximum absolute atomic E-state index is 6.57. The van der Waals surface area contributed by atoms with Gasteiger partial charge >= 0.3 is 0 Å². The summed E-state index contributed by atoms with van der Waals surface area (Å²) in [4.78, 5) is 4.69. The minimum atomic E-state index is 0.236. The number of pyridine rings is 1. The van der Waals surface area contributed by atoms with Crippen molar-refractivity contribution in [2.45, 2.75) is 19.8 Å². The van der Waals surface area contributed by atoms with Crippen molar-refractivity contribution >= 4 is 43.9 Å². The van der Waals surface area contributed by atoms with Crippen LogP contribution in [0.2, 0.25) is 0 Å². The largest absolute Gasteiger partial charge is 0.456 e. The van der Waals surface area contributed by atoms with Gasteiger partial charge in [0, 0.05) is 39.0 Å². The first-order valence-electron chi connectivity index (χ1n) is 12.0. The molecular formula is C32H23NO2. The highest BCUT2D eigenvalue weighted by atomic mass is 16.3. The lowest BCUT2D eigenvalue weighted by atomic mass is 9.87. The molecule has 0 amide bonds. The lowest BCUT2D eigenvalue weighted by Gasteiger charge is -2.16. The predicted molar refractivity (Wildman–Crippen MR) is 144 cm³/mol. The Kier molecular flexibility index (Phi) is 4.34. The molecule has 7 rings (SSSR count). The topological polar surface area (TPSA) is 39.2 Å². The van der Waals surface area contributed by atoms with Gasteiger partial charge in [0.1, 0.15) is 22.3 Å². The van der Waals surface area contributed by atoms with Crippen molar-refractivity contribution < 1.29 is 8.83 Å². The molecule has 3 heterocycles. The van der Waals surface area contributed by atoms with E-state index in [0.717, 1.165) is 66.3 Å². The van der Waals surface area contributed by atoms with Crippen molar-refractivity contribution in [1.29, 1.82) is 0 Å². The van der Waals surface area contributed by atoms with E-state index in [1.54, 1.807) is 0 Å². The number of fused-ring (bicyclic) bond motifs is 7. The molecule has 35 heavy (non-hydrogen) atoms. The fraction of sp³-hybridized carbons (Fsp3) is 0.0938. The number of para-hydroxylation sites is 2. The zero-order chi connectivity index (χ0) is 23.5. The van der Waals surface area contributed by atoms with Gasteiger partial charge in [0.2, 0.25) is 0 Å². The Labute approximate surface area is 202 Å². The van der Waals surface area contributed by atoms with Crippen molar-refractivity contribution in [1.82, 2.24) is 4.98 Å². The highest BCUT2D eigenvalue weighted by molar-refractivity contribution is 6.27. The predicted octanol–water partition coefficient (Wildman–Crippen LogP) is 9.34. The molecule has 3 aromatic heterocycles. The van der Waals surface area contributed by atoms with Crippen LogP contribution in [0.25, 0.3) is 66.3 Å². The number of aromatic nitrogens is 1. The van der Waals surface area contributed by atoms with Crippen LogP contribution < -0.4 is 0 Å². The van der Waals surface area contributed by atoms with E-state index < -0.39 is 0 Å². The summed E-state index contributed by atoms with van der Waals surface area (Å²) in [6.07, 6.45) is 1.90. The Bertz CT molecular complexity index is 1870. The fourth-order valence-corrected chi connectivity index (χ4v) is 5.38. The summed E-state index contributed by atoms with van der Waals surface area (Å²) in [5.41, 5.74) is 9.05. The monoisotopic (exact) mass is 453 g/mol. The number of hydrogen-bond donors (Lipinski definition) is 0. The summed E-state index contributed by atoms with van der Waals surface area (Å²) in [6, 6.07) is 31.1. The van der Waals surface area contributed by atoms with E-state index in [1.165, 1.54) is 5.56 Å². The van der Waals surface area contributed by atoms with Crippen LogP contribution in [0.3, 0.4) is 0 Å². The number of hydrogen-bond acceptors (Lipinski definition) is 3. The van der Waals surface area contributed by atoms with Crippen molar-refractivity contribution in [3.8, 4) is 22.4 Å². The molecule has 0 aliphatic rings. The quantitative estimate of drug-likeness (QED) is 0.267. The third-order valence-corrected chi connectivity index (χ3v) is 6.88. The fourth-order valence-electron chi connectivity index (χ4n) is 5.38. The molecule has 0 unspecified atom stereocenters. The molecule has 0 spiro atoms. The van der Waals surface area contributed by atoms with Crippen LogP contribution in [0.4, 0.5) is 0 Å². The minimum absolute atomic E-state index is 0.236. The second kappa shape index (κ2) is 7.57. The second-order valence-corrected chi connectivity index (χ2v) is 9.34. The second-order valence-electron chi connectivity index (χ2n) is 9.34. The summed E-state index contributed by atoms with van der Waals surface area (Å²) < 4.78 is 13.1. The average molecular weight is 454 g/mol. The van der Waals surface area contributed by atoms with Crippen molar-refractivity contribution in [2.24, 2.45) is 0 Å². The van der Waals surface area contributed by atoms with Crippen LogP contribution in [0.1, 0.15) is 25.3 Å². The first-order chi connectivity index (χ1) is 17.2. The van der Waals surface area contributed by atoms with Gasteiger partial charge in [-0.3, -0.25) is 4.98 Å². The molecule has 0 aliphatic carbocycles. The average Bonchev–Trinajstić information content (AvgIpc) is 3.47. The molecule has 4 aromatic carbocycles. The zero-order valence-electron chi connectivity index (χ0n) is 19.6. The van der Waals surface area contributed by atoms with Gasteiger partial charge in [-0.2, -0.15) is 0 Å². The van der Waals surface area contributed by atoms with E-state index in [9.17, 15) is 0 Å². The highest BCUT2D eigenvalue weighted by Gasteiger charge is 2.26. The van der Waals surface area contributed by atoms with E-state index >= 15 is 0 Å². The number of furan rings is 2. The van der Waals surface area contributed by atoms with Crippen molar-refractivity contribution in [2.75, 3.05) is 0 Å². The third-order valence-electron chi connectivity index (χ3n) is 6.88. The molecule has 0 saturated heterocycles. The van der Waals surface area contributed by atoms with Crippen LogP contribution >= 0.6 is 0 Å². The van der Waals surface area contributed by atoms with Gasteiger partial charge in [0.05, 0.1) is 11.1 Å². The van der Waals surface area contributed by atoms with Crippen LogP contribution in [0, 0.1) is 0 Å². The standard InChI is InChI=1S/C32H23NO2/c1-19(2)27-28(21-16-17-33-24(18-21)20-10-4-3-5-11-20)29-22-12-6-8-14-25(22)35-32(29)30-23-13-7-9-15-26(23)34-31(27)30/h3-19H,1-2H3. The minimum Gasteiger partial charge on any atom is -0.456 e. The Morgan fingerprint density at radius 1 is 0.629 bits per heavy atom. The van der Waals surface area contributed by atoms with Crippen LogP contribution in [-0.2, 0) is 0 Å². The zero-order valence-corrected chi connectivity index (χ0v) is 19.6. The van der Waals surface area contributed by atoms with Gasteiger partial charge in [-0.1, -0.05) is 80.6 Å². The number of nitrogens with zero attached hydrogens (tertiary/aromatic N) is 1. The van der Waals surface area contributed by atoms with Crippen LogP contribution in [-0.4, -0.2) is 4.98 Å². The summed E-state index contributed by atoms with van der Waals surface area (Å²) in [6.45, 7) is 4.47. The lowest BCUT2D eigenvalue weighted by Crippen LogP contribution is -1.96. The molecule has 0 aliphatic heterocycles. The molecule has 3 heteroatoms. The molecule has 0 bridgehead atoms. The highest BCUT2D eigenvalue weighted by Crippen LogP contribution is 2.49. The maximum Gasteiger partial charge on any atom is 0.147 e. The van der Waals surface area contributed by atoms with E-state index in [0.29, 0.717) is 0 Å². The Hall–Kier alpha value is -4.37. The normalized spacial score (nSPS) is 12.0. The van der Waals surface area contributed by atoms with Gasteiger partial charge in [-0.15, -0.1) is 0 Å². The summed E-state index contributed by atoms with van der Waals surface area (Å²) in [5, 5.41) is 4.38. The van der Waals surface area contributed by atoms with Gasteiger partial charge < -0.3 is 8.83 Å². The molecule has 3 nitrogen and oxygen atoms in total. The third kappa shape index (κ3) is 2.95. The smallest absolute Gasteiger partial charge is 0.147 e. The lowest BCUT2D eigenvalue weighted by molar-refractivity contribution is 0.653. The molecule has 0 saturated carbocycles. The number of benzene rings is 4. The molecule has 0 atom stereocenters. The van der Waals surface area contributed by atoms with Gasteiger partial charge in [0.15, 0.2) is 0 Å². The Morgan fingerprint density at radius 2 is 1.26 bits per heavy atom. The van der Waals surface area contributed by atoms with E-state index in [-0.39, 0.29) is 5.92 Å². The van der Waals surface area contributed by atoms with Gasteiger partial charge in [-0.05, 0) is 35.7 Å². The van der Waals surface area contributed by atoms with E-state index in [4.69, 9.17) is 8.83 Å². The van der Waals surface area contributed by atoms with Crippen molar-refractivity contribution in [3.63, 3.8) is 0 Å². The van der Waals surface area contributed by atoms with Gasteiger partial charge in [-0.25, -0.2) is 0 Å². The van der Waals surface area contributed by atoms with E-state index in [2.05, 4.69) is 67.4 Å². The Balaban J connectivity index is 1.69. The molecule has 0 fully saturated rings.